The Hall–Kier alpha value is -1.46. The summed E-state index contributed by atoms with van der Waals surface area (Å²) in [5, 5.41) is 8.64. The zero-order chi connectivity index (χ0) is 11.3. The maximum Gasteiger partial charge on any atom is 0.119 e. The van der Waals surface area contributed by atoms with E-state index in [4.69, 9.17) is 9.84 Å². The van der Waals surface area contributed by atoms with Gasteiger partial charge in [0.25, 0.3) is 0 Å². The number of benzene rings is 1. The zero-order valence-corrected chi connectivity index (χ0v) is 9.42. The van der Waals surface area contributed by atoms with Crippen molar-refractivity contribution < 1.29 is 9.84 Å². The molecule has 0 aliphatic rings. The summed E-state index contributed by atoms with van der Waals surface area (Å²) in [5.41, 5.74) is 3.25. The molecule has 0 spiro atoms. The fourth-order valence-electron chi connectivity index (χ4n) is 1.45. The van der Waals surface area contributed by atoms with E-state index in [-0.39, 0.29) is 6.61 Å². The average Bonchev–Trinajstić information content (AvgIpc) is 2.22. The van der Waals surface area contributed by atoms with Gasteiger partial charge in [0.2, 0.25) is 0 Å². The highest BCUT2D eigenvalue weighted by molar-refractivity contribution is 5.50. The van der Waals surface area contributed by atoms with Crippen molar-refractivity contribution in [2.24, 2.45) is 0 Å². The smallest absolute Gasteiger partial charge is 0.119 e. The van der Waals surface area contributed by atoms with E-state index in [0.717, 1.165) is 22.4 Å². The van der Waals surface area contributed by atoms with E-state index in [1.54, 1.807) is 7.11 Å². The lowest BCUT2D eigenvalue weighted by atomic mass is 10.0. The van der Waals surface area contributed by atoms with E-state index in [2.05, 4.69) is 11.8 Å². The van der Waals surface area contributed by atoms with Gasteiger partial charge in [-0.1, -0.05) is 11.8 Å². The molecule has 2 nitrogen and oxygen atoms in total. The molecule has 0 unspecified atom stereocenters. The molecule has 0 bridgehead atoms. The molecule has 0 saturated carbocycles. The van der Waals surface area contributed by atoms with Gasteiger partial charge in [-0.15, -0.1) is 0 Å². The summed E-state index contributed by atoms with van der Waals surface area (Å²) in [6.45, 7) is 4.14. The Bertz CT molecular complexity index is 374. The van der Waals surface area contributed by atoms with E-state index in [9.17, 15) is 0 Å². The molecule has 0 radical (unpaired) electrons. The van der Waals surface area contributed by atoms with E-state index in [1.165, 1.54) is 0 Å². The van der Waals surface area contributed by atoms with Crippen LogP contribution >= 0.6 is 0 Å². The highest BCUT2D eigenvalue weighted by atomic mass is 16.5. The molecule has 15 heavy (non-hydrogen) atoms. The largest absolute Gasteiger partial charge is 0.497 e. The second-order valence-corrected chi connectivity index (χ2v) is 3.41. The van der Waals surface area contributed by atoms with Crippen molar-refractivity contribution in [3.63, 3.8) is 0 Å². The number of aliphatic hydroxyl groups excluding tert-OH is 1. The minimum absolute atomic E-state index is 0.112. The fraction of sp³-hybridized carbons (Fsp3) is 0.385. The minimum Gasteiger partial charge on any atom is -0.497 e. The molecule has 0 aliphatic carbocycles. The third-order valence-electron chi connectivity index (χ3n) is 2.19. The van der Waals surface area contributed by atoms with Gasteiger partial charge < -0.3 is 9.84 Å². The van der Waals surface area contributed by atoms with Gasteiger partial charge in [-0.2, -0.15) is 0 Å². The molecular weight excluding hydrogens is 188 g/mol. The first-order valence-corrected chi connectivity index (χ1v) is 4.94. The highest BCUT2D eigenvalue weighted by Gasteiger charge is 2.02. The number of hydrogen-bond acceptors (Lipinski definition) is 2. The van der Waals surface area contributed by atoms with Crippen LogP contribution in [0.3, 0.4) is 0 Å². The van der Waals surface area contributed by atoms with Gasteiger partial charge in [0, 0.05) is 12.0 Å². The maximum absolute atomic E-state index is 8.64. The molecule has 0 saturated heterocycles. The molecule has 2 heteroatoms. The predicted octanol–water partition coefficient (Wildman–Crippen LogP) is 2.05. The van der Waals surface area contributed by atoms with Crippen LogP contribution in [0.5, 0.6) is 5.75 Å². The maximum atomic E-state index is 8.64. The predicted molar refractivity (Wildman–Crippen MR) is 61.0 cm³/mol. The quantitative estimate of drug-likeness (QED) is 0.747. The summed E-state index contributed by atoms with van der Waals surface area (Å²) in [6.07, 6.45) is 0.519. The van der Waals surface area contributed by atoms with Crippen LogP contribution in [0, 0.1) is 25.7 Å². The molecule has 0 atom stereocenters. The van der Waals surface area contributed by atoms with Gasteiger partial charge in [0.15, 0.2) is 0 Å². The number of rotatable bonds is 2. The Kier molecular flexibility index (Phi) is 4.20. The Labute approximate surface area is 90.9 Å². The van der Waals surface area contributed by atoms with Gasteiger partial charge >= 0.3 is 0 Å². The van der Waals surface area contributed by atoms with Crippen molar-refractivity contribution >= 4 is 0 Å². The van der Waals surface area contributed by atoms with Crippen molar-refractivity contribution in [3.05, 3.63) is 28.8 Å². The summed E-state index contributed by atoms with van der Waals surface area (Å²) >= 11 is 0. The zero-order valence-electron chi connectivity index (χ0n) is 9.42. The van der Waals surface area contributed by atoms with Crippen LogP contribution in [0.2, 0.25) is 0 Å². The van der Waals surface area contributed by atoms with Crippen molar-refractivity contribution in [3.8, 4) is 17.6 Å². The SMILES string of the molecule is COc1cc(C)c(C#CCCO)c(C)c1. The van der Waals surface area contributed by atoms with E-state index >= 15 is 0 Å². The first-order chi connectivity index (χ1) is 7.19. The van der Waals surface area contributed by atoms with Crippen LogP contribution in [0.1, 0.15) is 23.1 Å². The van der Waals surface area contributed by atoms with Gasteiger partial charge in [-0.25, -0.2) is 0 Å². The van der Waals surface area contributed by atoms with Crippen molar-refractivity contribution in [1.82, 2.24) is 0 Å². The van der Waals surface area contributed by atoms with Crippen molar-refractivity contribution in [2.75, 3.05) is 13.7 Å². The molecule has 0 amide bonds. The molecule has 1 aromatic carbocycles. The molecule has 1 rings (SSSR count). The Morgan fingerprint density at radius 3 is 2.33 bits per heavy atom. The van der Waals surface area contributed by atoms with Crippen LogP contribution < -0.4 is 4.74 Å². The second-order valence-electron chi connectivity index (χ2n) is 3.41. The van der Waals surface area contributed by atoms with Gasteiger partial charge in [-0.3, -0.25) is 0 Å². The second kappa shape index (κ2) is 5.43. The molecule has 1 aromatic rings. The van der Waals surface area contributed by atoms with Crippen LogP contribution in [0.25, 0.3) is 0 Å². The standard InChI is InChI=1S/C13H16O2/c1-10-8-12(15-3)9-11(2)13(10)6-4-5-7-14/h8-9,14H,5,7H2,1-3H3. The number of hydrogen-bond donors (Lipinski definition) is 1. The lowest BCUT2D eigenvalue weighted by molar-refractivity contribution is 0.305. The Morgan fingerprint density at radius 1 is 1.27 bits per heavy atom. The molecule has 0 heterocycles. The normalized spacial score (nSPS) is 9.33. The summed E-state index contributed by atoms with van der Waals surface area (Å²) in [4.78, 5) is 0. The minimum atomic E-state index is 0.112. The molecule has 0 fully saturated rings. The molecule has 80 valence electrons. The summed E-state index contributed by atoms with van der Waals surface area (Å²) in [7, 11) is 1.66. The van der Waals surface area contributed by atoms with Gasteiger partial charge in [-0.05, 0) is 37.1 Å². The van der Waals surface area contributed by atoms with Crippen LogP contribution in [0.4, 0.5) is 0 Å². The number of ether oxygens (including phenoxy) is 1. The van der Waals surface area contributed by atoms with Gasteiger partial charge in [0.05, 0.1) is 13.7 Å². The van der Waals surface area contributed by atoms with E-state index in [0.29, 0.717) is 6.42 Å². The van der Waals surface area contributed by atoms with Crippen LogP contribution in [-0.4, -0.2) is 18.8 Å². The number of aliphatic hydroxyl groups is 1. The Balaban J connectivity index is 3.05. The summed E-state index contributed by atoms with van der Waals surface area (Å²) in [5.74, 6) is 6.86. The first kappa shape index (κ1) is 11.6. The Morgan fingerprint density at radius 2 is 1.87 bits per heavy atom. The number of aryl methyl sites for hydroxylation is 2. The van der Waals surface area contributed by atoms with E-state index < -0.39 is 0 Å². The van der Waals surface area contributed by atoms with Crippen molar-refractivity contribution in [1.29, 1.82) is 0 Å². The summed E-state index contributed by atoms with van der Waals surface area (Å²) < 4.78 is 5.17. The van der Waals surface area contributed by atoms with Gasteiger partial charge in [0.1, 0.15) is 5.75 Å². The van der Waals surface area contributed by atoms with E-state index in [1.807, 2.05) is 26.0 Å². The molecular formula is C13H16O2. The number of methoxy groups -OCH3 is 1. The average molecular weight is 204 g/mol. The first-order valence-electron chi connectivity index (χ1n) is 4.94. The van der Waals surface area contributed by atoms with Crippen LogP contribution in [0.15, 0.2) is 12.1 Å². The van der Waals surface area contributed by atoms with Crippen molar-refractivity contribution in [2.45, 2.75) is 20.3 Å². The molecule has 0 aromatic heterocycles. The summed E-state index contributed by atoms with van der Waals surface area (Å²) in [6, 6.07) is 3.94. The third-order valence-corrected chi connectivity index (χ3v) is 2.19. The lowest BCUT2D eigenvalue weighted by Crippen LogP contribution is -1.91. The lowest BCUT2D eigenvalue weighted by Gasteiger charge is -2.06. The monoisotopic (exact) mass is 204 g/mol. The third kappa shape index (κ3) is 3.00. The molecule has 0 aliphatic heterocycles. The fourth-order valence-corrected chi connectivity index (χ4v) is 1.45. The highest BCUT2D eigenvalue weighted by Crippen LogP contribution is 2.20. The van der Waals surface area contributed by atoms with Crippen LogP contribution in [-0.2, 0) is 0 Å². The topological polar surface area (TPSA) is 29.5 Å². The molecule has 1 N–H and O–H groups in total.